The van der Waals surface area contributed by atoms with Gasteiger partial charge >= 0.3 is 0 Å². The quantitative estimate of drug-likeness (QED) is 0.621. The minimum absolute atomic E-state index is 0.400. The van der Waals surface area contributed by atoms with Crippen LogP contribution in [0.5, 0.6) is 0 Å². The van der Waals surface area contributed by atoms with Gasteiger partial charge in [-0.2, -0.15) is 20.1 Å². The third-order valence-corrected chi connectivity index (χ3v) is 3.73. The number of benzene rings is 1. The van der Waals surface area contributed by atoms with Gasteiger partial charge in [-0.15, -0.1) is 5.10 Å². The van der Waals surface area contributed by atoms with Crippen molar-refractivity contribution in [3.8, 4) is 11.9 Å². The number of nitrogens with one attached hydrogen (secondary N) is 1. The summed E-state index contributed by atoms with van der Waals surface area (Å²) in [6.07, 6.45) is 1.50. The standard InChI is InChI=1S/C18H13N7/c1-12-6-8-16(24-23-12)22-18-14(10-19)11-20-25(18)17-9-7-13-4-2-3-5-15(13)21-17/h2-9,11H,1H3,(H,22,24). The molecule has 120 valence electrons. The van der Waals surface area contributed by atoms with Crippen molar-refractivity contribution >= 4 is 22.5 Å². The van der Waals surface area contributed by atoms with Crippen LogP contribution in [0.4, 0.5) is 11.6 Å². The second kappa shape index (κ2) is 6.02. The van der Waals surface area contributed by atoms with Gasteiger partial charge in [0.2, 0.25) is 0 Å². The van der Waals surface area contributed by atoms with Crippen LogP contribution in [-0.2, 0) is 0 Å². The molecule has 0 unspecified atom stereocenters. The molecule has 4 aromatic rings. The third kappa shape index (κ3) is 2.77. The van der Waals surface area contributed by atoms with Gasteiger partial charge in [-0.3, -0.25) is 0 Å². The van der Waals surface area contributed by atoms with Crippen molar-refractivity contribution in [2.45, 2.75) is 6.92 Å². The van der Waals surface area contributed by atoms with E-state index in [1.165, 1.54) is 6.20 Å². The number of hydrogen-bond acceptors (Lipinski definition) is 6. The Morgan fingerprint density at radius 2 is 1.92 bits per heavy atom. The summed E-state index contributed by atoms with van der Waals surface area (Å²) in [7, 11) is 0. The fraction of sp³-hybridized carbons (Fsp3) is 0.0556. The Labute approximate surface area is 143 Å². The number of aromatic nitrogens is 5. The monoisotopic (exact) mass is 327 g/mol. The van der Waals surface area contributed by atoms with Gasteiger partial charge < -0.3 is 5.32 Å². The van der Waals surface area contributed by atoms with E-state index in [4.69, 9.17) is 0 Å². The number of para-hydroxylation sites is 1. The number of nitriles is 1. The van der Waals surface area contributed by atoms with Crippen molar-refractivity contribution in [3.05, 3.63) is 66.0 Å². The molecule has 0 atom stereocenters. The van der Waals surface area contributed by atoms with E-state index in [0.717, 1.165) is 16.6 Å². The molecule has 0 spiro atoms. The summed E-state index contributed by atoms with van der Waals surface area (Å²) in [5, 5.41) is 25.9. The highest BCUT2D eigenvalue weighted by Gasteiger charge is 2.14. The first-order chi connectivity index (χ1) is 12.2. The number of rotatable bonds is 3. The number of aryl methyl sites for hydroxylation is 1. The summed E-state index contributed by atoms with van der Waals surface area (Å²) in [6, 6.07) is 17.4. The van der Waals surface area contributed by atoms with Crippen LogP contribution in [0.15, 0.2) is 54.7 Å². The molecule has 3 aromatic heterocycles. The topological polar surface area (TPSA) is 92.3 Å². The van der Waals surface area contributed by atoms with E-state index in [0.29, 0.717) is 23.0 Å². The summed E-state index contributed by atoms with van der Waals surface area (Å²) >= 11 is 0. The van der Waals surface area contributed by atoms with Crippen LogP contribution in [0.2, 0.25) is 0 Å². The van der Waals surface area contributed by atoms with Crippen molar-refractivity contribution in [1.29, 1.82) is 5.26 Å². The lowest BCUT2D eigenvalue weighted by atomic mass is 10.2. The zero-order chi connectivity index (χ0) is 17.2. The highest BCUT2D eigenvalue weighted by molar-refractivity contribution is 5.79. The highest BCUT2D eigenvalue weighted by Crippen LogP contribution is 2.23. The molecule has 1 N–H and O–H groups in total. The number of fused-ring (bicyclic) bond motifs is 1. The van der Waals surface area contributed by atoms with Crippen molar-refractivity contribution in [2.24, 2.45) is 0 Å². The summed E-state index contributed by atoms with van der Waals surface area (Å²) in [5.41, 5.74) is 2.07. The molecule has 7 heteroatoms. The Bertz CT molecular complexity index is 1090. The van der Waals surface area contributed by atoms with Gasteiger partial charge in [0, 0.05) is 5.39 Å². The van der Waals surface area contributed by atoms with Crippen LogP contribution < -0.4 is 5.32 Å². The molecule has 0 saturated heterocycles. The lowest BCUT2D eigenvalue weighted by Gasteiger charge is -2.09. The van der Waals surface area contributed by atoms with E-state index in [1.807, 2.05) is 49.4 Å². The fourth-order valence-corrected chi connectivity index (χ4v) is 2.48. The predicted molar refractivity (Wildman–Crippen MR) is 93.6 cm³/mol. The Morgan fingerprint density at radius 1 is 1.04 bits per heavy atom. The van der Waals surface area contributed by atoms with Gasteiger partial charge in [-0.1, -0.05) is 18.2 Å². The summed E-state index contributed by atoms with van der Waals surface area (Å²) in [4.78, 5) is 4.62. The average Bonchev–Trinajstić information content (AvgIpc) is 3.06. The van der Waals surface area contributed by atoms with Crippen LogP contribution in [0, 0.1) is 18.3 Å². The van der Waals surface area contributed by atoms with Crippen LogP contribution in [0.1, 0.15) is 11.3 Å². The molecule has 0 bridgehead atoms. The van der Waals surface area contributed by atoms with E-state index >= 15 is 0 Å². The number of pyridine rings is 1. The van der Waals surface area contributed by atoms with Gasteiger partial charge in [-0.25, -0.2) is 4.98 Å². The molecule has 25 heavy (non-hydrogen) atoms. The van der Waals surface area contributed by atoms with E-state index in [2.05, 4.69) is 31.7 Å². The van der Waals surface area contributed by atoms with Crippen LogP contribution in [0.3, 0.4) is 0 Å². The normalized spacial score (nSPS) is 10.6. The first kappa shape index (κ1) is 14.8. The number of anilines is 2. The molecular formula is C18H13N7. The minimum Gasteiger partial charge on any atom is -0.322 e. The third-order valence-electron chi connectivity index (χ3n) is 3.73. The molecule has 7 nitrogen and oxygen atoms in total. The van der Waals surface area contributed by atoms with Crippen molar-refractivity contribution in [2.75, 3.05) is 5.32 Å². The first-order valence-electron chi connectivity index (χ1n) is 7.66. The maximum absolute atomic E-state index is 9.37. The smallest absolute Gasteiger partial charge is 0.156 e. The summed E-state index contributed by atoms with van der Waals surface area (Å²) in [5.74, 6) is 1.65. The van der Waals surface area contributed by atoms with E-state index in [-0.39, 0.29) is 0 Å². The second-order valence-corrected chi connectivity index (χ2v) is 5.48. The average molecular weight is 327 g/mol. The number of nitrogens with zero attached hydrogens (tertiary/aromatic N) is 6. The summed E-state index contributed by atoms with van der Waals surface area (Å²) < 4.78 is 1.59. The Morgan fingerprint density at radius 3 is 2.72 bits per heavy atom. The molecule has 0 amide bonds. The highest BCUT2D eigenvalue weighted by atomic mass is 15.4. The zero-order valence-corrected chi connectivity index (χ0v) is 13.4. The molecule has 1 aromatic carbocycles. The molecular weight excluding hydrogens is 314 g/mol. The second-order valence-electron chi connectivity index (χ2n) is 5.48. The van der Waals surface area contributed by atoms with Gasteiger partial charge in [0.15, 0.2) is 17.5 Å². The maximum Gasteiger partial charge on any atom is 0.156 e. The molecule has 0 aliphatic rings. The fourth-order valence-electron chi connectivity index (χ4n) is 2.48. The molecule has 4 rings (SSSR count). The van der Waals surface area contributed by atoms with E-state index in [9.17, 15) is 5.26 Å². The number of hydrogen-bond donors (Lipinski definition) is 1. The minimum atomic E-state index is 0.400. The molecule has 3 heterocycles. The lowest BCUT2D eigenvalue weighted by Crippen LogP contribution is -2.06. The molecule has 0 radical (unpaired) electrons. The lowest BCUT2D eigenvalue weighted by molar-refractivity contribution is 0.857. The SMILES string of the molecule is Cc1ccc(Nc2c(C#N)cnn2-c2ccc3ccccc3n2)nn1. The van der Waals surface area contributed by atoms with Crippen LogP contribution in [0.25, 0.3) is 16.7 Å². The maximum atomic E-state index is 9.37. The first-order valence-corrected chi connectivity index (χ1v) is 7.66. The largest absolute Gasteiger partial charge is 0.322 e. The zero-order valence-electron chi connectivity index (χ0n) is 13.4. The van der Waals surface area contributed by atoms with Gasteiger partial charge in [0.1, 0.15) is 11.6 Å². The molecule has 0 saturated carbocycles. The van der Waals surface area contributed by atoms with Crippen molar-refractivity contribution in [3.63, 3.8) is 0 Å². The van der Waals surface area contributed by atoms with Crippen LogP contribution >= 0.6 is 0 Å². The van der Waals surface area contributed by atoms with Crippen molar-refractivity contribution < 1.29 is 0 Å². The Hall–Kier alpha value is -3.79. The summed E-state index contributed by atoms with van der Waals surface area (Å²) in [6.45, 7) is 1.86. The van der Waals surface area contributed by atoms with Gasteiger partial charge in [0.25, 0.3) is 0 Å². The van der Waals surface area contributed by atoms with Crippen molar-refractivity contribution in [1.82, 2.24) is 25.0 Å². The van der Waals surface area contributed by atoms with Gasteiger partial charge in [-0.05, 0) is 37.3 Å². The van der Waals surface area contributed by atoms with Gasteiger partial charge in [0.05, 0.1) is 17.4 Å². The Balaban J connectivity index is 1.80. The Kier molecular flexibility index (Phi) is 3.56. The molecule has 0 aliphatic heterocycles. The molecule has 0 aliphatic carbocycles. The van der Waals surface area contributed by atoms with Crippen LogP contribution in [-0.4, -0.2) is 25.0 Å². The molecule has 0 fully saturated rings. The van der Waals surface area contributed by atoms with E-state index < -0.39 is 0 Å². The van der Waals surface area contributed by atoms with E-state index in [1.54, 1.807) is 10.7 Å². The predicted octanol–water partition coefficient (Wildman–Crippen LogP) is 3.13.